The van der Waals surface area contributed by atoms with Crippen molar-refractivity contribution in [3.63, 3.8) is 0 Å². The average Bonchev–Trinajstić information content (AvgIpc) is 3.15. The van der Waals surface area contributed by atoms with E-state index in [0.717, 1.165) is 43.7 Å². The molecule has 0 saturated carbocycles. The molecule has 3 aromatic rings. The minimum absolute atomic E-state index is 0.167. The molecule has 0 aliphatic carbocycles. The lowest BCUT2D eigenvalue weighted by Gasteiger charge is -2.01. The molecule has 128 valence electrons. The number of Topliss-reactive ketones (excluding diaryl/α,β-unsaturated/α-hetero) is 1. The van der Waals surface area contributed by atoms with Crippen LogP contribution < -0.4 is 0 Å². The number of pyridine rings is 2. The molecule has 0 spiro atoms. The number of oxazole rings is 1. The first kappa shape index (κ1) is 17.0. The van der Waals surface area contributed by atoms with Crippen LogP contribution in [0.3, 0.4) is 0 Å². The average molecular weight is 335 g/mol. The molecule has 0 radical (unpaired) electrons. The maximum absolute atomic E-state index is 12.0. The van der Waals surface area contributed by atoms with Gasteiger partial charge >= 0.3 is 0 Å². The highest BCUT2D eigenvalue weighted by atomic mass is 16.4. The van der Waals surface area contributed by atoms with Crippen LogP contribution in [0.4, 0.5) is 0 Å². The number of nitrogens with zero attached hydrogens (tertiary/aromatic N) is 3. The molecule has 0 amide bonds. The van der Waals surface area contributed by atoms with E-state index in [0.29, 0.717) is 17.7 Å². The van der Waals surface area contributed by atoms with Crippen LogP contribution in [0.5, 0.6) is 0 Å². The van der Waals surface area contributed by atoms with Gasteiger partial charge in [-0.2, -0.15) is 0 Å². The number of aromatic nitrogens is 3. The topological polar surface area (TPSA) is 68.9 Å². The summed E-state index contributed by atoms with van der Waals surface area (Å²) in [7, 11) is 0. The highest BCUT2D eigenvalue weighted by Gasteiger charge is 2.07. The minimum Gasteiger partial charge on any atom is -0.439 e. The van der Waals surface area contributed by atoms with Crippen molar-refractivity contribution in [3.8, 4) is 11.5 Å². The van der Waals surface area contributed by atoms with E-state index < -0.39 is 0 Å². The van der Waals surface area contributed by atoms with Crippen molar-refractivity contribution >= 4 is 5.78 Å². The Morgan fingerprint density at radius 3 is 2.64 bits per heavy atom. The van der Waals surface area contributed by atoms with Gasteiger partial charge in [-0.1, -0.05) is 18.9 Å². The standard InChI is InChI=1S/C20H21N3O2/c24-18(16-8-7-12-21-14-16)10-3-1-2-4-11-20-23-15-19(25-20)17-9-5-6-13-22-17/h5-9,12-15H,1-4,10-11H2. The molecule has 25 heavy (non-hydrogen) atoms. The lowest BCUT2D eigenvalue weighted by molar-refractivity contribution is 0.0978. The van der Waals surface area contributed by atoms with Gasteiger partial charge in [0.1, 0.15) is 5.69 Å². The van der Waals surface area contributed by atoms with Crippen molar-refractivity contribution < 1.29 is 9.21 Å². The van der Waals surface area contributed by atoms with E-state index in [1.165, 1.54) is 0 Å². The van der Waals surface area contributed by atoms with Gasteiger partial charge < -0.3 is 4.42 Å². The van der Waals surface area contributed by atoms with Gasteiger partial charge in [0, 0.05) is 37.0 Å². The van der Waals surface area contributed by atoms with E-state index in [2.05, 4.69) is 15.0 Å². The van der Waals surface area contributed by atoms with Crippen LogP contribution >= 0.6 is 0 Å². The van der Waals surface area contributed by atoms with E-state index >= 15 is 0 Å². The summed E-state index contributed by atoms with van der Waals surface area (Å²) in [6, 6.07) is 9.32. The number of aryl methyl sites for hydroxylation is 1. The van der Waals surface area contributed by atoms with Crippen LogP contribution in [0.25, 0.3) is 11.5 Å². The van der Waals surface area contributed by atoms with Gasteiger partial charge in [0.05, 0.1) is 6.20 Å². The van der Waals surface area contributed by atoms with Crippen molar-refractivity contribution in [2.75, 3.05) is 0 Å². The summed E-state index contributed by atoms with van der Waals surface area (Å²) in [5.41, 5.74) is 1.50. The molecular formula is C20H21N3O2. The molecule has 0 atom stereocenters. The molecule has 0 N–H and O–H groups in total. The summed E-state index contributed by atoms with van der Waals surface area (Å²) in [6.45, 7) is 0. The van der Waals surface area contributed by atoms with Crippen LogP contribution in [0, 0.1) is 0 Å². The number of unbranched alkanes of at least 4 members (excludes halogenated alkanes) is 3. The molecule has 0 fully saturated rings. The zero-order valence-electron chi connectivity index (χ0n) is 14.1. The smallest absolute Gasteiger partial charge is 0.194 e. The Balaban J connectivity index is 1.34. The lowest BCUT2D eigenvalue weighted by atomic mass is 10.1. The van der Waals surface area contributed by atoms with Crippen LogP contribution in [0.15, 0.2) is 59.5 Å². The van der Waals surface area contributed by atoms with Gasteiger partial charge in [0.2, 0.25) is 0 Å². The number of ketones is 1. The third kappa shape index (κ3) is 5.08. The van der Waals surface area contributed by atoms with E-state index in [-0.39, 0.29) is 5.78 Å². The Hall–Kier alpha value is -2.82. The predicted molar refractivity (Wildman–Crippen MR) is 95.1 cm³/mol. The Bertz CT molecular complexity index is 785. The molecule has 3 heterocycles. The van der Waals surface area contributed by atoms with E-state index in [9.17, 15) is 4.79 Å². The molecule has 0 bridgehead atoms. The molecule has 3 rings (SSSR count). The summed E-state index contributed by atoms with van der Waals surface area (Å²) in [4.78, 5) is 24.5. The van der Waals surface area contributed by atoms with Crippen LogP contribution in [0.2, 0.25) is 0 Å². The highest BCUT2D eigenvalue weighted by molar-refractivity contribution is 5.95. The molecule has 0 saturated heterocycles. The largest absolute Gasteiger partial charge is 0.439 e. The molecule has 5 heteroatoms. The zero-order chi connectivity index (χ0) is 17.3. The summed E-state index contributed by atoms with van der Waals surface area (Å²) >= 11 is 0. The van der Waals surface area contributed by atoms with Gasteiger partial charge in [-0.3, -0.25) is 14.8 Å². The predicted octanol–water partition coefficient (Wildman–Crippen LogP) is 4.51. The fraction of sp³-hybridized carbons (Fsp3) is 0.300. The maximum atomic E-state index is 12.0. The molecule has 0 aliphatic heterocycles. The van der Waals surface area contributed by atoms with Gasteiger partial charge in [-0.05, 0) is 37.1 Å². The number of hydrogen-bond acceptors (Lipinski definition) is 5. The SMILES string of the molecule is O=C(CCCCCCc1ncc(-c2ccccn2)o1)c1cccnc1. The van der Waals surface area contributed by atoms with Crippen molar-refractivity contribution in [1.82, 2.24) is 15.0 Å². The number of hydrogen-bond donors (Lipinski definition) is 0. The first-order valence-electron chi connectivity index (χ1n) is 8.62. The second-order valence-corrected chi connectivity index (χ2v) is 5.91. The number of carbonyl (C=O) groups excluding carboxylic acids is 1. The Labute approximate surface area is 147 Å². The molecule has 0 aliphatic rings. The monoisotopic (exact) mass is 335 g/mol. The fourth-order valence-corrected chi connectivity index (χ4v) is 2.64. The van der Waals surface area contributed by atoms with E-state index in [1.54, 1.807) is 30.9 Å². The molecule has 0 unspecified atom stereocenters. The van der Waals surface area contributed by atoms with Crippen LogP contribution in [-0.4, -0.2) is 20.7 Å². The van der Waals surface area contributed by atoms with Crippen LogP contribution in [0.1, 0.15) is 48.4 Å². The van der Waals surface area contributed by atoms with Crippen molar-refractivity contribution in [1.29, 1.82) is 0 Å². The Morgan fingerprint density at radius 2 is 1.84 bits per heavy atom. The van der Waals surface area contributed by atoms with Crippen LogP contribution in [-0.2, 0) is 6.42 Å². The summed E-state index contributed by atoms with van der Waals surface area (Å²) < 4.78 is 5.74. The maximum Gasteiger partial charge on any atom is 0.194 e. The lowest BCUT2D eigenvalue weighted by Crippen LogP contribution is -1.99. The highest BCUT2D eigenvalue weighted by Crippen LogP contribution is 2.18. The van der Waals surface area contributed by atoms with Gasteiger partial charge in [-0.25, -0.2) is 4.98 Å². The van der Waals surface area contributed by atoms with Crippen molar-refractivity contribution in [2.24, 2.45) is 0 Å². The summed E-state index contributed by atoms with van der Waals surface area (Å²) in [6.07, 6.45) is 12.2. The number of carbonyl (C=O) groups is 1. The molecular weight excluding hydrogens is 314 g/mol. The van der Waals surface area contributed by atoms with Crippen molar-refractivity contribution in [3.05, 3.63) is 66.6 Å². The van der Waals surface area contributed by atoms with Crippen molar-refractivity contribution in [2.45, 2.75) is 38.5 Å². The second kappa shape index (κ2) is 8.87. The Morgan fingerprint density at radius 1 is 0.920 bits per heavy atom. The minimum atomic E-state index is 0.167. The Kier molecular flexibility index (Phi) is 6.04. The normalized spacial score (nSPS) is 10.7. The zero-order valence-corrected chi connectivity index (χ0v) is 14.1. The van der Waals surface area contributed by atoms with E-state index in [1.807, 2.05) is 24.3 Å². The third-order valence-electron chi connectivity index (χ3n) is 4.00. The van der Waals surface area contributed by atoms with E-state index in [4.69, 9.17) is 4.42 Å². The summed E-state index contributed by atoms with van der Waals surface area (Å²) in [5, 5.41) is 0. The first-order valence-corrected chi connectivity index (χ1v) is 8.62. The third-order valence-corrected chi connectivity index (χ3v) is 4.00. The second-order valence-electron chi connectivity index (χ2n) is 5.91. The quantitative estimate of drug-likeness (QED) is 0.425. The summed E-state index contributed by atoms with van der Waals surface area (Å²) in [5.74, 6) is 1.62. The van der Waals surface area contributed by atoms with Gasteiger partial charge in [-0.15, -0.1) is 0 Å². The fourth-order valence-electron chi connectivity index (χ4n) is 2.64. The number of rotatable bonds is 9. The molecule has 3 aromatic heterocycles. The van der Waals surface area contributed by atoms with Gasteiger partial charge in [0.15, 0.2) is 17.4 Å². The first-order chi connectivity index (χ1) is 12.3. The van der Waals surface area contributed by atoms with Gasteiger partial charge in [0.25, 0.3) is 0 Å². The molecule has 0 aromatic carbocycles. The molecule has 5 nitrogen and oxygen atoms in total.